The molecular weight excluding hydrogens is 264 g/mol. The highest BCUT2D eigenvalue weighted by Gasteiger charge is 2.66. The first-order valence-corrected chi connectivity index (χ1v) is 8.34. The van der Waals surface area contributed by atoms with Gasteiger partial charge in [0.05, 0.1) is 0 Å². The minimum absolute atomic E-state index is 0.117. The average molecular weight is 296 g/mol. The van der Waals surface area contributed by atoms with Crippen molar-refractivity contribution in [1.29, 1.82) is 0 Å². The van der Waals surface area contributed by atoms with Crippen molar-refractivity contribution in [3.05, 3.63) is 0 Å². The monoisotopic (exact) mass is 296 g/mol. The van der Waals surface area contributed by atoms with Gasteiger partial charge in [-0.05, 0) is 57.4 Å². The molecule has 2 unspecified atom stereocenters. The van der Waals surface area contributed by atoms with Crippen LogP contribution in [0.4, 0.5) is 4.79 Å². The van der Waals surface area contributed by atoms with E-state index in [9.17, 15) is 4.79 Å². The van der Waals surface area contributed by atoms with Gasteiger partial charge < -0.3 is 15.8 Å². The number of nitrogens with one attached hydrogen (secondary N) is 1. The lowest BCUT2D eigenvalue weighted by molar-refractivity contribution is 0.0384. The fourth-order valence-corrected chi connectivity index (χ4v) is 4.48. The summed E-state index contributed by atoms with van der Waals surface area (Å²) in [6.07, 6.45) is 5.45. The Bertz CT molecular complexity index is 392. The molecule has 0 radical (unpaired) electrons. The summed E-state index contributed by atoms with van der Waals surface area (Å²) in [4.78, 5) is 12.3. The summed E-state index contributed by atoms with van der Waals surface area (Å²) in [7, 11) is 0. The van der Waals surface area contributed by atoms with Gasteiger partial charge in [0, 0.05) is 5.54 Å². The maximum atomic E-state index is 12.3. The van der Waals surface area contributed by atoms with Crippen molar-refractivity contribution in [1.82, 2.24) is 5.32 Å². The Hall–Kier alpha value is -0.770. The summed E-state index contributed by atoms with van der Waals surface area (Å²) in [5.41, 5.74) is 5.61. The number of alkyl carbamates (subject to hydrolysis) is 1. The van der Waals surface area contributed by atoms with E-state index in [0.29, 0.717) is 18.4 Å². The summed E-state index contributed by atoms with van der Waals surface area (Å²) in [6.45, 7) is 11.0. The molecule has 2 atom stereocenters. The molecule has 1 amide bonds. The molecule has 0 aliphatic heterocycles. The van der Waals surface area contributed by atoms with Gasteiger partial charge in [-0.1, -0.05) is 33.1 Å². The lowest BCUT2D eigenvalue weighted by Gasteiger charge is -2.40. The lowest BCUT2D eigenvalue weighted by atomic mass is 9.75. The van der Waals surface area contributed by atoms with Crippen molar-refractivity contribution in [3.63, 3.8) is 0 Å². The van der Waals surface area contributed by atoms with E-state index >= 15 is 0 Å². The smallest absolute Gasteiger partial charge is 0.408 e. The van der Waals surface area contributed by atoms with Crippen molar-refractivity contribution in [3.8, 4) is 0 Å². The van der Waals surface area contributed by atoms with Gasteiger partial charge >= 0.3 is 6.09 Å². The summed E-state index contributed by atoms with van der Waals surface area (Å²) < 4.78 is 5.50. The molecule has 2 rings (SSSR count). The lowest BCUT2D eigenvalue weighted by Crippen LogP contribution is -2.54. The van der Waals surface area contributed by atoms with Gasteiger partial charge in [0.25, 0.3) is 0 Å². The van der Waals surface area contributed by atoms with Gasteiger partial charge in [-0.15, -0.1) is 0 Å². The number of hydrogen-bond donors (Lipinski definition) is 2. The number of hydrogen-bond acceptors (Lipinski definition) is 3. The average Bonchev–Trinajstić information content (AvgIpc) is 2.90. The fourth-order valence-electron chi connectivity index (χ4n) is 4.48. The second-order valence-corrected chi connectivity index (χ2v) is 8.48. The maximum Gasteiger partial charge on any atom is 0.408 e. The minimum atomic E-state index is -0.452. The minimum Gasteiger partial charge on any atom is -0.444 e. The Labute approximate surface area is 129 Å². The van der Waals surface area contributed by atoms with Crippen LogP contribution in [0.3, 0.4) is 0 Å². The van der Waals surface area contributed by atoms with Crippen molar-refractivity contribution in [2.45, 2.75) is 77.9 Å². The molecule has 4 nitrogen and oxygen atoms in total. The van der Waals surface area contributed by atoms with Gasteiger partial charge in [0.15, 0.2) is 0 Å². The molecule has 0 spiro atoms. The predicted octanol–water partition coefficient (Wildman–Crippen LogP) is 3.44. The molecule has 2 fully saturated rings. The molecule has 0 aromatic rings. The van der Waals surface area contributed by atoms with Crippen molar-refractivity contribution < 1.29 is 9.53 Å². The molecule has 0 heterocycles. The third-order valence-corrected chi connectivity index (χ3v) is 5.40. The standard InChI is InChI=1S/C17H32N2O2/c1-15(2,3)21-14(20)19-17(9-7-6-8-10-17)13-12(11-18)16(13,4)5/h12-13H,6-11,18H2,1-5H3,(H,19,20). The first kappa shape index (κ1) is 16.6. The molecule has 0 aromatic heterocycles. The summed E-state index contributed by atoms with van der Waals surface area (Å²) in [5, 5.41) is 3.25. The summed E-state index contributed by atoms with van der Waals surface area (Å²) in [5.74, 6) is 0.980. The van der Waals surface area contributed by atoms with Crippen LogP contribution in [0.5, 0.6) is 0 Å². The van der Waals surface area contributed by atoms with E-state index in [4.69, 9.17) is 10.5 Å². The Kier molecular flexibility index (Phi) is 4.31. The van der Waals surface area contributed by atoms with Crippen LogP contribution in [0.1, 0.15) is 66.7 Å². The molecule has 122 valence electrons. The number of carbonyl (C=O) groups excluding carboxylic acids is 1. The van der Waals surface area contributed by atoms with Gasteiger partial charge in [-0.2, -0.15) is 0 Å². The summed E-state index contributed by atoms with van der Waals surface area (Å²) >= 11 is 0. The van der Waals surface area contributed by atoms with Gasteiger partial charge in [-0.25, -0.2) is 4.79 Å². The molecule has 0 aromatic carbocycles. The number of ether oxygens (including phenoxy) is 1. The number of amides is 1. The van der Waals surface area contributed by atoms with E-state index in [1.54, 1.807) is 0 Å². The van der Waals surface area contributed by atoms with Crippen LogP contribution < -0.4 is 11.1 Å². The van der Waals surface area contributed by atoms with E-state index in [1.165, 1.54) is 19.3 Å². The van der Waals surface area contributed by atoms with E-state index in [0.717, 1.165) is 12.8 Å². The van der Waals surface area contributed by atoms with E-state index < -0.39 is 5.60 Å². The van der Waals surface area contributed by atoms with Crippen molar-refractivity contribution >= 4 is 6.09 Å². The largest absolute Gasteiger partial charge is 0.444 e. The predicted molar refractivity (Wildman–Crippen MR) is 85.0 cm³/mol. The highest BCUT2D eigenvalue weighted by atomic mass is 16.6. The van der Waals surface area contributed by atoms with Crippen LogP contribution >= 0.6 is 0 Å². The van der Waals surface area contributed by atoms with Crippen molar-refractivity contribution in [2.24, 2.45) is 23.0 Å². The van der Waals surface area contributed by atoms with Crippen LogP contribution in [-0.2, 0) is 4.74 Å². The first-order chi connectivity index (χ1) is 9.62. The van der Waals surface area contributed by atoms with Gasteiger partial charge in [0.1, 0.15) is 5.60 Å². The SMILES string of the molecule is CC(C)(C)OC(=O)NC1(C2C(CN)C2(C)C)CCCCC1. The molecule has 0 saturated heterocycles. The van der Waals surface area contributed by atoms with Crippen LogP contribution in [0.2, 0.25) is 0 Å². The third-order valence-electron chi connectivity index (χ3n) is 5.40. The molecule has 2 saturated carbocycles. The van der Waals surface area contributed by atoms with Crippen LogP contribution in [0.15, 0.2) is 0 Å². The molecule has 3 N–H and O–H groups in total. The zero-order chi connectivity index (χ0) is 15.9. The Morgan fingerprint density at radius 1 is 1.24 bits per heavy atom. The highest BCUT2D eigenvalue weighted by Crippen LogP contribution is 2.64. The first-order valence-electron chi connectivity index (χ1n) is 8.34. The zero-order valence-electron chi connectivity index (χ0n) is 14.3. The van der Waals surface area contributed by atoms with Crippen LogP contribution in [0, 0.1) is 17.3 Å². The maximum absolute atomic E-state index is 12.3. The second-order valence-electron chi connectivity index (χ2n) is 8.48. The fraction of sp³-hybridized carbons (Fsp3) is 0.941. The van der Waals surface area contributed by atoms with Gasteiger partial charge in [0.2, 0.25) is 0 Å². The zero-order valence-corrected chi connectivity index (χ0v) is 14.3. The molecular formula is C17H32N2O2. The molecule has 2 aliphatic carbocycles. The van der Waals surface area contributed by atoms with Gasteiger partial charge in [-0.3, -0.25) is 0 Å². The Morgan fingerprint density at radius 3 is 2.24 bits per heavy atom. The second kappa shape index (κ2) is 5.45. The third kappa shape index (κ3) is 3.36. The Balaban J connectivity index is 2.13. The Morgan fingerprint density at radius 2 is 1.81 bits per heavy atom. The number of rotatable bonds is 3. The number of carbonyl (C=O) groups is 1. The molecule has 2 aliphatic rings. The summed E-state index contributed by atoms with van der Waals surface area (Å²) in [6, 6.07) is 0. The quantitative estimate of drug-likeness (QED) is 0.838. The molecule has 0 bridgehead atoms. The van der Waals surface area contributed by atoms with Crippen LogP contribution in [0.25, 0.3) is 0 Å². The highest BCUT2D eigenvalue weighted by molar-refractivity contribution is 5.69. The van der Waals surface area contributed by atoms with E-state index in [2.05, 4.69) is 19.2 Å². The molecule has 4 heteroatoms. The van der Waals surface area contributed by atoms with Crippen LogP contribution in [-0.4, -0.2) is 23.8 Å². The van der Waals surface area contributed by atoms with Crippen molar-refractivity contribution in [2.75, 3.05) is 6.54 Å². The van der Waals surface area contributed by atoms with E-state index in [-0.39, 0.29) is 17.0 Å². The van der Waals surface area contributed by atoms with E-state index in [1.807, 2.05) is 20.8 Å². The normalized spacial score (nSPS) is 30.6. The number of nitrogens with two attached hydrogens (primary N) is 1. The topological polar surface area (TPSA) is 64.3 Å². The molecule has 21 heavy (non-hydrogen) atoms.